The summed E-state index contributed by atoms with van der Waals surface area (Å²) in [6.07, 6.45) is 7.40. The SMILES string of the molecule is NC1=NC2(CCc3c(-c4cncnc4)ccc(CF)c3C2)CO1. The monoisotopic (exact) mass is 312 g/mol. The zero-order valence-corrected chi connectivity index (χ0v) is 12.6. The summed E-state index contributed by atoms with van der Waals surface area (Å²) in [7, 11) is 0. The van der Waals surface area contributed by atoms with Crippen molar-refractivity contribution in [3.05, 3.63) is 47.5 Å². The Kier molecular flexibility index (Phi) is 3.25. The summed E-state index contributed by atoms with van der Waals surface area (Å²) in [6, 6.07) is 4.05. The van der Waals surface area contributed by atoms with Gasteiger partial charge in [0.25, 0.3) is 6.02 Å². The number of nitrogens with zero attached hydrogens (tertiary/aromatic N) is 3. The van der Waals surface area contributed by atoms with E-state index in [9.17, 15) is 4.39 Å². The number of halogens is 1. The molecular weight excluding hydrogens is 295 g/mol. The van der Waals surface area contributed by atoms with E-state index >= 15 is 0 Å². The Morgan fingerprint density at radius 1 is 1.22 bits per heavy atom. The number of fused-ring (bicyclic) bond motifs is 1. The largest absolute Gasteiger partial charge is 0.463 e. The van der Waals surface area contributed by atoms with Crippen molar-refractivity contribution in [2.24, 2.45) is 10.7 Å². The lowest BCUT2D eigenvalue weighted by molar-refractivity contribution is 0.234. The smallest absolute Gasteiger partial charge is 0.282 e. The molecule has 6 heteroatoms. The van der Waals surface area contributed by atoms with Gasteiger partial charge in [0.1, 0.15) is 25.1 Å². The normalized spacial score (nSPS) is 22.6. The van der Waals surface area contributed by atoms with Gasteiger partial charge < -0.3 is 10.5 Å². The van der Waals surface area contributed by atoms with Crippen LogP contribution in [0.4, 0.5) is 4.39 Å². The van der Waals surface area contributed by atoms with Crippen LogP contribution >= 0.6 is 0 Å². The Hall–Kier alpha value is -2.50. The molecule has 1 aliphatic heterocycles. The van der Waals surface area contributed by atoms with Gasteiger partial charge in [-0.2, -0.15) is 0 Å². The second-order valence-electron chi connectivity index (χ2n) is 6.13. The molecule has 5 nitrogen and oxygen atoms in total. The Balaban J connectivity index is 1.82. The average Bonchev–Trinajstić information content (AvgIpc) is 2.94. The maximum Gasteiger partial charge on any atom is 0.282 e. The van der Waals surface area contributed by atoms with Crippen LogP contribution in [-0.4, -0.2) is 28.1 Å². The van der Waals surface area contributed by atoms with E-state index in [0.717, 1.165) is 35.1 Å². The van der Waals surface area contributed by atoms with E-state index in [1.807, 2.05) is 12.1 Å². The topological polar surface area (TPSA) is 73.4 Å². The number of benzene rings is 1. The quantitative estimate of drug-likeness (QED) is 0.922. The lowest BCUT2D eigenvalue weighted by atomic mass is 9.75. The number of ether oxygens (including phenoxy) is 1. The third kappa shape index (κ3) is 2.34. The van der Waals surface area contributed by atoms with Crippen molar-refractivity contribution >= 4 is 6.02 Å². The molecule has 23 heavy (non-hydrogen) atoms. The van der Waals surface area contributed by atoms with Crippen molar-refractivity contribution in [3.63, 3.8) is 0 Å². The van der Waals surface area contributed by atoms with Crippen LogP contribution in [0, 0.1) is 0 Å². The number of alkyl halides is 1. The average molecular weight is 312 g/mol. The van der Waals surface area contributed by atoms with Gasteiger partial charge in [-0.25, -0.2) is 19.4 Å². The summed E-state index contributed by atoms with van der Waals surface area (Å²) in [4.78, 5) is 12.7. The van der Waals surface area contributed by atoms with Crippen LogP contribution in [0.15, 0.2) is 35.8 Å². The van der Waals surface area contributed by atoms with E-state index in [-0.39, 0.29) is 11.6 Å². The molecule has 0 saturated heterocycles. The Morgan fingerprint density at radius 2 is 2.04 bits per heavy atom. The molecule has 2 aliphatic rings. The van der Waals surface area contributed by atoms with E-state index in [4.69, 9.17) is 10.5 Å². The van der Waals surface area contributed by atoms with E-state index in [1.165, 1.54) is 11.9 Å². The molecule has 1 aromatic carbocycles. The highest BCUT2D eigenvalue weighted by molar-refractivity contribution is 5.74. The van der Waals surface area contributed by atoms with Gasteiger partial charge in [-0.05, 0) is 35.1 Å². The highest BCUT2D eigenvalue weighted by Crippen LogP contribution is 2.40. The maximum atomic E-state index is 13.5. The van der Waals surface area contributed by atoms with Crippen LogP contribution in [0.5, 0.6) is 0 Å². The molecule has 0 bridgehead atoms. The molecular formula is C17H17FN4O. The number of rotatable bonds is 2. The highest BCUT2D eigenvalue weighted by atomic mass is 19.1. The van der Waals surface area contributed by atoms with Crippen molar-refractivity contribution in [3.8, 4) is 11.1 Å². The third-order valence-electron chi connectivity index (χ3n) is 4.73. The Bertz CT molecular complexity index is 778. The number of aliphatic imine (C=N–C) groups is 1. The maximum absolute atomic E-state index is 13.5. The predicted octanol–water partition coefficient (Wildman–Crippen LogP) is 2.19. The standard InChI is InChI=1S/C17H17FN4O/c18-6-11-1-2-13(12-7-20-10-21-8-12)14-3-4-17(5-15(11)14)9-23-16(19)22-17/h1-2,7-8,10H,3-6,9H2,(H2,19,22). The van der Waals surface area contributed by atoms with E-state index in [2.05, 4.69) is 15.0 Å². The van der Waals surface area contributed by atoms with Gasteiger partial charge in [0, 0.05) is 24.4 Å². The molecule has 1 aromatic heterocycles. The van der Waals surface area contributed by atoms with Crippen molar-refractivity contribution in [2.75, 3.05) is 6.61 Å². The van der Waals surface area contributed by atoms with Crippen molar-refractivity contribution < 1.29 is 9.13 Å². The number of hydrogen-bond acceptors (Lipinski definition) is 5. The molecule has 2 aromatic rings. The summed E-state index contributed by atoms with van der Waals surface area (Å²) < 4.78 is 18.8. The molecule has 2 heterocycles. The summed E-state index contributed by atoms with van der Waals surface area (Å²) in [5.41, 5.74) is 10.3. The van der Waals surface area contributed by atoms with Crippen LogP contribution in [-0.2, 0) is 24.3 Å². The van der Waals surface area contributed by atoms with Crippen molar-refractivity contribution in [2.45, 2.75) is 31.5 Å². The first kappa shape index (κ1) is 14.1. The summed E-state index contributed by atoms with van der Waals surface area (Å²) in [5.74, 6) is 0. The third-order valence-corrected chi connectivity index (χ3v) is 4.73. The first-order valence-corrected chi connectivity index (χ1v) is 7.64. The summed E-state index contributed by atoms with van der Waals surface area (Å²) in [6.45, 7) is -0.00723. The fourth-order valence-electron chi connectivity index (χ4n) is 3.58. The molecule has 4 rings (SSSR count). The Morgan fingerprint density at radius 3 is 2.74 bits per heavy atom. The zero-order valence-electron chi connectivity index (χ0n) is 12.6. The first-order chi connectivity index (χ1) is 11.2. The molecule has 2 N–H and O–H groups in total. The minimum atomic E-state index is -0.482. The van der Waals surface area contributed by atoms with Crippen LogP contribution in [0.25, 0.3) is 11.1 Å². The van der Waals surface area contributed by atoms with Crippen molar-refractivity contribution in [1.82, 2.24) is 9.97 Å². The molecule has 118 valence electrons. The van der Waals surface area contributed by atoms with E-state index < -0.39 is 6.67 Å². The molecule has 1 atom stereocenters. The number of amidine groups is 1. The van der Waals surface area contributed by atoms with Crippen LogP contribution in [0.2, 0.25) is 0 Å². The van der Waals surface area contributed by atoms with Gasteiger partial charge in [-0.1, -0.05) is 12.1 Å². The van der Waals surface area contributed by atoms with Crippen LogP contribution in [0.3, 0.4) is 0 Å². The molecule has 0 radical (unpaired) electrons. The number of aromatic nitrogens is 2. The van der Waals surface area contributed by atoms with Gasteiger partial charge in [-0.15, -0.1) is 0 Å². The van der Waals surface area contributed by atoms with E-state index in [1.54, 1.807) is 12.4 Å². The molecule has 0 saturated carbocycles. The second-order valence-corrected chi connectivity index (χ2v) is 6.13. The fraction of sp³-hybridized carbons (Fsp3) is 0.353. The molecule has 1 aliphatic carbocycles. The lowest BCUT2D eigenvalue weighted by Crippen LogP contribution is -2.36. The predicted molar refractivity (Wildman–Crippen MR) is 84.6 cm³/mol. The lowest BCUT2D eigenvalue weighted by Gasteiger charge is -2.32. The Labute approximate surface area is 133 Å². The number of hydrogen-bond donors (Lipinski definition) is 1. The second kappa shape index (κ2) is 5.30. The zero-order chi connectivity index (χ0) is 15.9. The van der Waals surface area contributed by atoms with Crippen LogP contribution < -0.4 is 5.73 Å². The van der Waals surface area contributed by atoms with Gasteiger partial charge in [0.15, 0.2) is 0 Å². The van der Waals surface area contributed by atoms with Gasteiger partial charge in [0.2, 0.25) is 0 Å². The summed E-state index contributed by atoms with van der Waals surface area (Å²) >= 11 is 0. The van der Waals surface area contributed by atoms with E-state index in [0.29, 0.717) is 13.0 Å². The molecule has 0 fully saturated rings. The summed E-state index contributed by atoms with van der Waals surface area (Å²) in [5, 5.41) is 0. The molecule has 1 unspecified atom stereocenters. The molecule has 1 spiro atoms. The van der Waals surface area contributed by atoms with Gasteiger partial charge >= 0.3 is 0 Å². The van der Waals surface area contributed by atoms with Crippen LogP contribution in [0.1, 0.15) is 23.1 Å². The first-order valence-electron chi connectivity index (χ1n) is 7.64. The van der Waals surface area contributed by atoms with Crippen molar-refractivity contribution in [1.29, 1.82) is 0 Å². The van der Waals surface area contributed by atoms with Gasteiger partial charge in [-0.3, -0.25) is 0 Å². The fourth-order valence-corrected chi connectivity index (χ4v) is 3.58. The minimum Gasteiger partial charge on any atom is -0.463 e. The molecule has 0 amide bonds. The van der Waals surface area contributed by atoms with Gasteiger partial charge in [0.05, 0.1) is 0 Å². The highest BCUT2D eigenvalue weighted by Gasteiger charge is 2.40. The number of nitrogens with two attached hydrogens (primary N) is 1. The minimum absolute atomic E-state index is 0.239.